The van der Waals surface area contributed by atoms with Crippen molar-refractivity contribution in [3.63, 3.8) is 0 Å². The maximum Gasteiger partial charge on any atom is 0.309 e. The van der Waals surface area contributed by atoms with Crippen LogP contribution in [0.3, 0.4) is 0 Å². The Hall–Kier alpha value is -3.71. The van der Waals surface area contributed by atoms with Crippen LogP contribution in [-0.2, 0) is 95.3 Å². The van der Waals surface area contributed by atoms with Gasteiger partial charge in [0.25, 0.3) is 0 Å². The molecule has 0 saturated heterocycles. The summed E-state index contributed by atoms with van der Waals surface area (Å²) in [5, 5.41) is 3.56. The second-order valence-corrected chi connectivity index (χ2v) is 45.6. The molecule has 0 heterocycles. The summed E-state index contributed by atoms with van der Waals surface area (Å²) in [6.07, 6.45) is 66.0. The molecule has 0 fully saturated rings. The standard InChI is InChI=1S/C114H214N4O20S5/c1-11-16-21-26-31-36-41-46-51-56-90-139-95-100(6)110(124)134-85-80-129-105(119)64-75-116(73-63-74-118(78-67-108(122)132-83-88-137-113(127)103(9)98-142-93-59-54-49-44-39-34-29-24-19-14-4)79-68-109(123)133-84-89-138-114(128)104(10)99-143-94-60-55-50-45-40-35-30-25-20-15-5)71-61-69-115-70-62-72-117(76-65-106(120)130-81-86-135-111(125)101(7)96-140-91-57-52-47-42-37-32-27-22-17-12-2)77-66-107(121)131-82-87-136-112(126)102(8)97-141-92-58-53-48-43-38-33-28-23-18-13-3/h100-104,115H,11-99H2,1-10H3. The van der Waals surface area contributed by atoms with E-state index in [0.717, 1.165) is 60.9 Å². The molecule has 0 bridgehead atoms. The first-order valence-corrected chi connectivity index (χ1v) is 63.9. The molecule has 0 aliphatic heterocycles. The van der Waals surface area contributed by atoms with Crippen molar-refractivity contribution in [2.75, 3.05) is 196 Å². The summed E-state index contributed by atoms with van der Waals surface area (Å²) in [4.78, 5) is 138. The average molecular weight is 2120 g/mol. The van der Waals surface area contributed by atoms with E-state index in [-0.39, 0.29) is 171 Å². The molecule has 5 atom stereocenters. The SMILES string of the molecule is CCCCCCCCCCCCSCC(C)C(=O)OCCOC(=O)CCN(CCCNCCCN(CCC(=O)OCCOC(=O)C(C)CSCCCCCCCCCCCC)CCC(=O)OCCOC(=O)C(C)CSCCCCCCCCCCCC)CCCN(CCC(=O)OCCOC(=O)C(C)CSCCCCCCCCCCCC)CCC(=O)OCCOC(=O)C(C)CSCCCCCCCCCCCC. The Balaban J connectivity index is 6.30. The number of rotatable bonds is 112. The lowest BCUT2D eigenvalue weighted by molar-refractivity contribution is -0.154. The zero-order chi connectivity index (χ0) is 105. The van der Waals surface area contributed by atoms with E-state index in [1.165, 1.54) is 289 Å². The van der Waals surface area contributed by atoms with Gasteiger partial charge in [-0.1, -0.05) is 358 Å². The van der Waals surface area contributed by atoms with Crippen LogP contribution in [0.5, 0.6) is 0 Å². The lowest BCUT2D eigenvalue weighted by Gasteiger charge is -2.26. The molecule has 0 amide bonds. The minimum atomic E-state index is -0.478. The van der Waals surface area contributed by atoms with E-state index in [0.29, 0.717) is 107 Å². The van der Waals surface area contributed by atoms with Crippen molar-refractivity contribution in [1.82, 2.24) is 20.0 Å². The molecule has 0 aliphatic rings. The van der Waals surface area contributed by atoms with Gasteiger partial charge >= 0.3 is 59.7 Å². The van der Waals surface area contributed by atoms with Gasteiger partial charge in [0.2, 0.25) is 0 Å². The Labute approximate surface area is 894 Å². The van der Waals surface area contributed by atoms with Crippen LogP contribution in [0.2, 0.25) is 0 Å². The van der Waals surface area contributed by atoms with Crippen molar-refractivity contribution >= 4 is 119 Å². The molecule has 143 heavy (non-hydrogen) atoms. The molecule has 0 aromatic heterocycles. The number of carbonyl (C=O) groups excluding carboxylic acids is 10. The molecule has 5 unspecified atom stereocenters. The van der Waals surface area contributed by atoms with Gasteiger partial charge in [-0.15, -0.1) is 0 Å². The molecule has 0 radical (unpaired) electrons. The number of hydrogen-bond acceptors (Lipinski definition) is 29. The zero-order valence-electron chi connectivity index (χ0n) is 92.9. The third-order valence-electron chi connectivity index (χ3n) is 25.8. The topological polar surface area (TPSA) is 285 Å². The Morgan fingerprint density at radius 3 is 0.510 bits per heavy atom. The van der Waals surface area contributed by atoms with Crippen molar-refractivity contribution in [2.24, 2.45) is 29.6 Å². The van der Waals surface area contributed by atoms with E-state index >= 15 is 0 Å². The number of nitrogens with zero attached hydrogens (tertiary/aromatic N) is 3. The minimum absolute atomic E-state index is 0.00241. The lowest BCUT2D eigenvalue weighted by Crippen LogP contribution is -2.35. The van der Waals surface area contributed by atoms with E-state index in [9.17, 15) is 47.9 Å². The fourth-order valence-corrected chi connectivity index (χ4v) is 21.7. The summed E-state index contributed by atoms with van der Waals surface area (Å²) in [7, 11) is 0. The Bertz CT molecular complexity index is 2820. The molecule has 0 aromatic rings. The van der Waals surface area contributed by atoms with Crippen molar-refractivity contribution in [3.05, 3.63) is 0 Å². The van der Waals surface area contributed by atoms with Gasteiger partial charge in [-0.2, -0.15) is 58.8 Å². The fraction of sp³-hybridized carbons (Fsp3) is 0.912. The van der Waals surface area contributed by atoms with Crippen LogP contribution in [0.25, 0.3) is 0 Å². The Morgan fingerprint density at radius 1 is 0.189 bits per heavy atom. The third kappa shape index (κ3) is 97.5. The molecule has 840 valence electrons. The second-order valence-electron chi connectivity index (χ2n) is 39.8. The lowest BCUT2D eigenvalue weighted by atomic mass is 10.1. The van der Waals surface area contributed by atoms with Gasteiger partial charge in [-0.05, 0) is 119 Å². The smallest absolute Gasteiger partial charge is 0.309 e. The molecule has 0 aliphatic carbocycles. The van der Waals surface area contributed by atoms with Gasteiger partial charge in [0.05, 0.1) is 61.7 Å². The largest absolute Gasteiger partial charge is 0.462 e. The van der Waals surface area contributed by atoms with Crippen LogP contribution in [0.1, 0.15) is 442 Å². The first-order chi connectivity index (χ1) is 69.7. The third-order valence-corrected chi connectivity index (χ3v) is 32.3. The second kappa shape index (κ2) is 108. The predicted molar refractivity (Wildman–Crippen MR) is 600 cm³/mol. The predicted octanol–water partition coefficient (Wildman–Crippen LogP) is 26.5. The zero-order valence-corrected chi connectivity index (χ0v) is 96.9. The van der Waals surface area contributed by atoms with Gasteiger partial charge in [0.15, 0.2) is 0 Å². The summed E-state index contributed by atoms with van der Waals surface area (Å²) in [6, 6.07) is 0. The maximum absolute atomic E-state index is 13.5. The Kier molecular flexibility index (Phi) is 105. The number of hydrogen-bond donors (Lipinski definition) is 1. The van der Waals surface area contributed by atoms with E-state index in [4.69, 9.17) is 47.4 Å². The number of unbranched alkanes of at least 4 members (excludes halogenated alkanes) is 45. The highest BCUT2D eigenvalue weighted by molar-refractivity contribution is 8.00. The summed E-state index contributed by atoms with van der Waals surface area (Å²) < 4.78 is 55.6. The monoisotopic (exact) mass is 2120 g/mol. The number of carbonyl (C=O) groups is 10. The van der Waals surface area contributed by atoms with E-state index in [1.807, 2.05) is 44.4 Å². The van der Waals surface area contributed by atoms with Crippen LogP contribution in [0.15, 0.2) is 0 Å². The van der Waals surface area contributed by atoms with Crippen LogP contribution in [0.4, 0.5) is 0 Å². The summed E-state index contributed by atoms with van der Waals surface area (Å²) >= 11 is 8.86. The van der Waals surface area contributed by atoms with Gasteiger partial charge in [0, 0.05) is 61.5 Å². The Morgan fingerprint density at radius 2 is 0.336 bits per heavy atom. The molecular formula is C114H214N4O20S5. The van der Waals surface area contributed by atoms with Gasteiger partial charge < -0.3 is 67.4 Å². The van der Waals surface area contributed by atoms with Gasteiger partial charge in [-0.3, -0.25) is 47.9 Å². The van der Waals surface area contributed by atoms with Crippen LogP contribution in [-0.4, -0.2) is 270 Å². The van der Waals surface area contributed by atoms with Crippen molar-refractivity contribution in [1.29, 1.82) is 0 Å². The summed E-state index contributed by atoms with van der Waals surface area (Å²) in [5.74, 6) is 3.00. The van der Waals surface area contributed by atoms with Crippen LogP contribution >= 0.6 is 58.8 Å². The number of ether oxygens (including phenoxy) is 10. The van der Waals surface area contributed by atoms with E-state index in [2.05, 4.69) is 44.8 Å². The molecule has 0 rings (SSSR count). The fourth-order valence-electron chi connectivity index (χ4n) is 16.4. The number of thioether (sulfide) groups is 5. The van der Waals surface area contributed by atoms with Gasteiger partial charge in [0.1, 0.15) is 66.1 Å². The van der Waals surface area contributed by atoms with Crippen molar-refractivity contribution in [3.8, 4) is 0 Å². The normalized spacial score (nSPS) is 12.6. The highest BCUT2D eigenvalue weighted by atomic mass is 32.2. The average Bonchev–Trinajstić information content (AvgIpc) is 0.932. The highest BCUT2D eigenvalue weighted by Crippen LogP contribution is 2.23. The van der Waals surface area contributed by atoms with Crippen LogP contribution < -0.4 is 5.32 Å². The molecular weight excluding hydrogens is 1910 g/mol. The minimum Gasteiger partial charge on any atom is -0.462 e. The summed E-state index contributed by atoms with van der Waals surface area (Å²) in [5.41, 5.74) is 0. The molecule has 0 aromatic carbocycles. The first-order valence-electron chi connectivity index (χ1n) is 58.1. The molecule has 0 saturated carbocycles. The molecule has 0 spiro atoms. The van der Waals surface area contributed by atoms with Gasteiger partial charge in [-0.25, -0.2) is 0 Å². The molecule has 1 N–H and O–H groups in total. The number of nitrogens with one attached hydrogen (secondary N) is 1. The molecule has 29 heteroatoms. The van der Waals surface area contributed by atoms with E-state index in [1.54, 1.807) is 58.8 Å². The van der Waals surface area contributed by atoms with Crippen LogP contribution in [0, 0.1) is 29.6 Å². The van der Waals surface area contributed by atoms with Crippen molar-refractivity contribution in [2.45, 2.75) is 442 Å². The molecule has 24 nitrogen and oxygen atoms in total. The van der Waals surface area contributed by atoms with Crippen molar-refractivity contribution < 1.29 is 95.3 Å². The maximum atomic E-state index is 13.5. The van der Waals surface area contributed by atoms with E-state index < -0.39 is 29.8 Å². The number of esters is 10. The highest BCUT2D eigenvalue weighted by Gasteiger charge is 2.23. The quantitative estimate of drug-likeness (QED) is 0.0336. The summed E-state index contributed by atoms with van der Waals surface area (Å²) in [6.45, 7) is 24.7. The first kappa shape index (κ1) is 139.